The first-order valence-electron chi connectivity index (χ1n) is 10.0. The number of amidine groups is 2. The number of nitrogens with one attached hydrogen (secondary N) is 1. The number of fused-ring (bicyclic) bond motifs is 1. The number of carbonyl (C=O) groups is 1. The molecule has 0 bridgehead atoms. The summed E-state index contributed by atoms with van der Waals surface area (Å²) in [5, 5.41) is 15.8. The number of aromatic nitrogens is 1. The molecule has 33 heavy (non-hydrogen) atoms. The van der Waals surface area contributed by atoms with E-state index < -0.39 is 5.91 Å². The quantitative estimate of drug-likeness (QED) is 0.502. The Kier molecular flexibility index (Phi) is 5.26. The molecule has 3 heterocycles. The zero-order valence-corrected chi connectivity index (χ0v) is 19.2. The highest BCUT2D eigenvalue weighted by Gasteiger charge is 2.36. The van der Waals surface area contributed by atoms with E-state index in [9.17, 15) is 9.18 Å². The number of carbonyl (C=O) groups excluding carboxylic acids is 1. The second-order valence-electron chi connectivity index (χ2n) is 7.52. The Morgan fingerprint density at radius 3 is 2.61 bits per heavy atom. The monoisotopic (exact) mass is 477 g/mol. The summed E-state index contributed by atoms with van der Waals surface area (Å²) in [5.41, 5.74) is 3.49. The molecule has 0 radical (unpaired) electrons. The fourth-order valence-electron chi connectivity index (χ4n) is 3.83. The number of hydrogen-bond donors (Lipinski definition) is 1. The van der Waals surface area contributed by atoms with E-state index >= 15 is 0 Å². The molecule has 164 valence electrons. The normalized spacial score (nSPS) is 16.8. The van der Waals surface area contributed by atoms with Crippen LogP contribution in [0.1, 0.15) is 22.5 Å². The predicted molar refractivity (Wildman–Crippen MR) is 131 cm³/mol. The largest absolute Gasteiger partial charge is 0.315 e. The number of aryl methyl sites for hydroxylation is 1. The van der Waals surface area contributed by atoms with Crippen molar-refractivity contribution >= 4 is 51.4 Å². The summed E-state index contributed by atoms with van der Waals surface area (Å²) in [6.07, 6.45) is 1.61. The van der Waals surface area contributed by atoms with Crippen LogP contribution in [-0.4, -0.2) is 31.5 Å². The topological polar surface area (TPSA) is 73.8 Å². The standard InChI is InChI=1S/C24H17ClFN5OS/c1-13-11-15(14(2)30(13)20-10-6-5-9-19(20)26)12-17-21(27)31-24(28-22(17)32)33-23(29-31)16-7-3-4-8-18(16)25/h3-12,27H,1-2H3/b17-12-,27-21?. The molecule has 3 aromatic rings. The number of para-hydroxylation sites is 1. The van der Waals surface area contributed by atoms with Crippen LogP contribution in [0.2, 0.25) is 5.02 Å². The molecule has 0 spiro atoms. The lowest BCUT2D eigenvalue weighted by atomic mass is 10.1. The first kappa shape index (κ1) is 21.4. The van der Waals surface area contributed by atoms with Gasteiger partial charge in [0.25, 0.3) is 5.91 Å². The van der Waals surface area contributed by atoms with Gasteiger partial charge in [0.1, 0.15) is 10.9 Å². The van der Waals surface area contributed by atoms with Gasteiger partial charge in [0.15, 0.2) is 5.84 Å². The molecule has 0 saturated heterocycles. The van der Waals surface area contributed by atoms with Gasteiger partial charge < -0.3 is 4.57 Å². The highest BCUT2D eigenvalue weighted by Crippen LogP contribution is 2.33. The van der Waals surface area contributed by atoms with Crippen molar-refractivity contribution < 1.29 is 9.18 Å². The van der Waals surface area contributed by atoms with Gasteiger partial charge in [0.2, 0.25) is 5.17 Å². The van der Waals surface area contributed by atoms with Crippen molar-refractivity contribution in [3.63, 3.8) is 0 Å². The van der Waals surface area contributed by atoms with Crippen LogP contribution >= 0.6 is 23.4 Å². The van der Waals surface area contributed by atoms with E-state index in [0.717, 1.165) is 11.4 Å². The molecule has 2 aliphatic rings. The lowest BCUT2D eigenvalue weighted by molar-refractivity contribution is -0.114. The maximum Gasteiger partial charge on any atom is 0.283 e. The molecule has 1 amide bonds. The number of rotatable bonds is 3. The molecule has 0 aliphatic carbocycles. The van der Waals surface area contributed by atoms with Gasteiger partial charge in [-0.15, -0.1) is 0 Å². The van der Waals surface area contributed by atoms with Gasteiger partial charge in [-0.2, -0.15) is 15.1 Å². The maximum atomic E-state index is 14.4. The molecule has 5 rings (SSSR count). The lowest BCUT2D eigenvalue weighted by Crippen LogP contribution is -2.35. The van der Waals surface area contributed by atoms with Gasteiger partial charge in [0.05, 0.1) is 16.3 Å². The van der Waals surface area contributed by atoms with Crippen molar-refractivity contribution in [2.75, 3.05) is 0 Å². The zero-order valence-electron chi connectivity index (χ0n) is 17.6. The number of thioether (sulfide) groups is 1. The molecule has 1 N–H and O–H groups in total. The summed E-state index contributed by atoms with van der Waals surface area (Å²) in [6, 6.07) is 15.6. The summed E-state index contributed by atoms with van der Waals surface area (Å²) in [6.45, 7) is 3.71. The molecule has 0 saturated carbocycles. The van der Waals surface area contributed by atoms with Gasteiger partial charge in [-0.05, 0) is 61.5 Å². The second-order valence-corrected chi connectivity index (χ2v) is 8.88. The van der Waals surface area contributed by atoms with Crippen LogP contribution in [0.5, 0.6) is 0 Å². The Bertz CT molecular complexity index is 1440. The maximum absolute atomic E-state index is 14.4. The van der Waals surface area contributed by atoms with Crippen molar-refractivity contribution in [2.45, 2.75) is 13.8 Å². The average molecular weight is 478 g/mol. The molecule has 6 nitrogen and oxygen atoms in total. The first-order valence-corrected chi connectivity index (χ1v) is 11.2. The van der Waals surface area contributed by atoms with Crippen molar-refractivity contribution in [1.82, 2.24) is 9.58 Å². The van der Waals surface area contributed by atoms with Crippen LogP contribution in [0, 0.1) is 25.1 Å². The number of hydrogen-bond acceptors (Lipinski definition) is 4. The minimum absolute atomic E-state index is 0.0738. The summed E-state index contributed by atoms with van der Waals surface area (Å²) in [7, 11) is 0. The van der Waals surface area contributed by atoms with Crippen LogP contribution < -0.4 is 0 Å². The van der Waals surface area contributed by atoms with Crippen LogP contribution in [0.3, 0.4) is 0 Å². The van der Waals surface area contributed by atoms with E-state index in [1.165, 1.54) is 22.8 Å². The van der Waals surface area contributed by atoms with Crippen LogP contribution in [0.4, 0.5) is 4.39 Å². The Hall–Kier alpha value is -3.49. The Balaban J connectivity index is 1.53. The zero-order chi connectivity index (χ0) is 23.3. The summed E-state index contributed by atoms with van der Waals surface area (Å²) in [5.74, 6) is -0.940. The molecule has 2 aromatic carbocycles. The fourth-order valence-corrected chi connectivity index (χ4v) is 5.04. The highest BCUT2D eigenvalue weighted by atomic mass is 35.5. The van der Waals surface area contributed by atoms with Gasteiger partial charge in [-0.25, -0.2) is 4.39 Å². The minimum atomic E-state index is -0.523. The smallest absolute Gasteiger partial charge is 0.283 e. The van der Waals surface area contributed by atoms with Crippen LogP contribution in [0.25, 0.3) is 11.8 Å². The Morgan fingerprint density at radius 2 is 1.85 bits per heavy atom. The van der Waals surface area contributed by atoms with E-state index in [1.807, 2.05) is 38.1 Å². The van der Waals surface area contributed by atoms with Gasteiger partial charge in [0, 0.05) is 17.0 Å². The van der Waals surface area contributed by atoms with Crippen LogP contribution in [0.15, 0.2) is 70.3 Å². The summed E-state index contributed by atoms with van der Waals surface area (Å²) < 4.78 is 16.2. The van der Waals surface area contributed by atoms with E-state index in [-0.39, 0.29) is 17.2 Å². The van der Waals surface area contributed by atoms with Gasteiger partial charge in [-0.3, -0.25) is 10.2 Å². The summed E-state index contributed by atoms with van der Waals surface area (Å²) in [4.78, 5) is 17.0. The van der Waals surface area contributed by atoms with E-state index in [0.29, 0.717) is 32.0 Å². The average Bonchev–Trinajstić information content (AvgIpc) is 3.32. The highest BCUT2D eigenvalue weighted by molar-refractivity contribution is 8.27. The molecule has 2 aliphatic heterocycles. The first-order chi connectivity index (χ1) is 15.8. The van der Waals surface area contributed by atoms with Crippen molar-refractivity contribution in [3.8, 4) is 5.69 Å². The Labute approximate surface area is 198 Å². The number of halogens is 2. The number of nitrogens with zero attached hydrogens (tertiary/aromatic N) is 4. The third-order valence-electron chi connectivity index (χ3n) is 5.42. The minimum Gasteiger partial charge on any atom is -0.315 e. The van der Waals surface area contributed by atoms with Crippen molar-refractivity contribution in [3.05, 3.63) is 93.5 Å². The van der Waals surface area contributed by atoms with E-state index in [4.69, 9.17) is 17.0 Å². The van der Waals surface area contributed by atoms with Crippen molar-refractivity contribution in [1.29, 1.82) is 5.41 Å². The van der Waals surface area contributed by atoms with Gasteiger partial charge in [-0.1, -0.05) is 41.9 Å². The number of aliphatic imine (C=N–C) groups is 1. The number of benzene rings is 2. The predicted octanol–water partition coefficient (Wildman–Crippen LogP) is 5.55. The van der Waals surface area contributed by atoms with E-state index in [1.54, 1.807) is 34.9 Å². The SMILES string of the molecule is Cc1cc(/C=C2/C(=N)N3N=C(c4ccccc4Cl)SC3=NC2=O)c(C)n1-c1ccccc1F. The molecule has 9 heteroatoms. The third-order valence-corrected chi connectivity index (χ3v) is 6.69. The second kappa shape index (κ2) is 8.13. The number of amides is 1. The molecular formula is C24H17ClFN5OS. The molecule has 0 unspecified atom stereocenters. The number of hydrazone groups is 1. The fraction of sp³-hybridized carbons (Fsp3) is 0.0833. The third kappa shape index (κ3) is 3.61. The van der Waals surface area contributed by atoms with E-state index in [2.05, 4.69) is 10.1 Å². The summed E-state index contributed by atoms with van der Waals surface area (Å²) >= 11 is 7.48. The van der Waals surface area contributed by atoms with Crippen LogP contribution in [-0.2, 0) is 4.79 Å². The Morgan fingerprint density at radius 1 is 1.12 bits per heavy atom. The van der Waals surface area contributed by atoms with Gasteiger partial charge >= 0.3 is 0 Å². The lowest BCUT2D eigenvalue weighted by Gasteiger charge is -2.20. The molecule has 0 atom stereocenters. The molecular weight excluding hydrogens is 461 g/mol. The molecule has 1 aromatic heterocycles. The van der Waals surface area contributed by atoms with Crippen molar-refractivity contribution in [2.24, 2.45) is 10.1 Å². The molecule has 0 fully saturated rings.